The number of carboxylic acids is 1. The molecule has 0 saturated heterocycles. The quantitative estimate of drug-likeness (QED) is 0.825. The third-order valence-electron chi connectivity index (χ3n) is 4.20. The number of alkyl halides is 3. The number of benzene rings is 1. The van der Waals surface area contributed by atoms with E-state index >= 15 is 0 Å². The first-order valence-electron chi connectivity index (χ1n) is 8.29. The van der Waals surface area contributed by atoms with E-state index < -0.39 is 30.2 Å². The minimum absolute atomic E-state index is 0.0370. The highest BCUT2D eigenvalue weighted by Crippen LogP contribution is 2.40. The first kappa shape index (κ1) is 18.9. The average Bonchev–Trinajstić information content (AvgIpc) is 3.35. The van der Waals surface area contributed by atoms with Crippen molar-refractivity contribution in [1.82, 2.24) is 9.88 Å². The zero-order valence-electron chi connectivity index (χ0n) is 14.4. The van der Waals surface area contributed by atoms with E-state index in [1.54, 1.807) is 6.92 Å². The number of rotatable bonds is 6. The minimum atomic E-state index is -4.47. The minimum Gasteiger partial charge on any atom is -0.480 e. The SMILES string of the molecule is Cc1nc(C2CC2)oc1C(=O)N(CC(=O)O)Cc1ccc(C(F)(F)F)cc1. The van der Waals surface area contributed by atoms with Gasteiger partial charge in [-0.3, -0.25) is 9.59 Å². The normalized spacial score (nSPS) is 14.2. The molecule has 1 fully saturated rings. The highest BCUT2D eigenvalue weighted by atomic mass is 19.4. The Hall–Kier alpha value is -2.84. The van der Waals surface area contributed by atoms with E-state index in [0.717, 1.165) is 29.9 Å². The van der Waals surface area contributed by atoms with Crippen molar-refractivity contribution in [3.8, 4) is 0 Å². The van der Waals surface area contributed by atoms with Gasteiger partial charge in [0.2, 0.25) is 5.76 Å². The molecule has 0 spiro atoms. The highest BCUT2D eigenvalue weighted by molar-refractivity contribution is 5.94. The van der Waals surface area contributed by atoms with Crippen LogP contribution in [0.25, 0.3) is 0 Å². The van der Waals surface area contributed by atoms with Gasteiger partial charge in [-0.1, -0.05) is 12.1 Å². The summed E-state index contributed by atoms with van der Waals surface area (Å²) in [5.74, 6) is -1.29. The van der Waals surface area contributed by atoms with E-state index in [9.17, 15) is 22.8 Å². The highest BCUT2D eigenvalue weighted by Gasteiger charge is 2.33. The van der Waals surface area contributed by atoms with E-state index in [1.807, 2.05) is 0 Å². The average molecular weight is 382 g/mol. The van der Waals surface area contributed by atoms with Crippen molar-refractivity contribution in [3.63, 3.8) is 0 Å². The standard InChI is InChI=1S/C18H17F3N2O4/c1-10-15(27-16(22-10)12-4-5-12)17(26)23(9-14(24)25)8-11-2-6-13(7-3-11)18(19,20)21/h2-3,6-7,12H,4-5,8-9H2,1H3,(H,24,25). The zero-order valence-corrected chi connectivity index (χ0v) is 14.4. The van der Waals surface area contributed by atoms with Crippen molar-refractivity contribution in [2.75, 3.05) is 6.54 Å². The first-order valence-corrected chi connectivity index (χ1v) is 8.29. The number of carboxylic acid groups (broad SMARTS) is 1. The lowest BCUT2D eigenvalue weighted by molar-refractivity contribution is -0.138. The molecular formula is C18H17F3N2O4. The van der Waals surface area contributed by atoms with Crippen LogP contribution in [-0.4, -0.2) is 33.4 Å². The van der Waals surface area contributed by atoms with Crippen LogP contribution in [-0.2, 0) is 17.5 Å². The van der Waals surface area contributed by atoms with E-state index in [-0.39, 0.29) is 18.2 Å². The van der Waals surface area contributed by atoms with Gasteiger partial charge in [0.05, 0.1) is 11.3 Å². The molecule has 0 unspecified atom stereocenters. The summed E-state index contributed by atoms with van der Waals surface area (Å²) in [5.41, 5.74) is -0.0793. The number of hydrogen-bond donors (Lipinski definition) is 1. The van der Waals surface area contributed by atoms with Crippen LogP contribution in [0.15, 0.2) is 28.7 Å². The summed E-state index contributed by atoms with van der Waals surface area (Å²) in [7, 11) is 0. The van der Waals surface area contributed by atoms with Crippen LogP contribution in [0.2, 0.25) is 0 Å². The molecule has 1 aromatic heterocycles. The number of amides is 1. The van der Waals surface area contributed by atoms with Crippen LogP contribution >= 0.6 is 0 Å². The molecule has 0 atom stereocenters. The molecule has 2 aromatic rings. The van der Waals surface area contributed by atoms with Gasteiger partial charge in [0.25, 0.3) is 5.91 Å². The molecule has 1 N–H and O–H groups in total. The molecule has 0 aliphatic heterocycles. The van der Waals surface area contributed by atoms with Crippen LogP contribution in [0.5, 0.6) is 0 Å². The van der Waals surface area contributed by atoms with E-state index in [4.69, 9.17) is 9.52 Å². The Kier molecular flexibility index (Phi) is 4.95. The summed E-state index contributed by atoms with van der Waals surface area (Å²) in [6.45, 7) is 0.820. The lowest BCUT2D eigenvalue weighted by Gasteiger charge is -2.20. The summed E-state index contributed by atoms with van der Waals surface area (Å²) < 4.78 is 43.5. The Balaban J connectivity index is 1.81. The maximum atomic E-state index is 12.7. The lowest BCUT2D eigenvalue weighted by atomic mass is 10.1. The topological polar surface area (TPSA) is 83.6 Å². The van der Waals surface area contributed by atoms with Crippen LogP contribution < -0.4 is 0 Å². The monoisotopic (exact) mass is 382 g/mol. The van der Waals surface area contributed by atoms with Crippen molar-refractivity contribution in [1.29, 1.82) is 0 Å². The van der Waals surface area contributed by atoms with Gasteiger partial charge >= 0.3 is 12.1 Å². The number of nitrogens with zero attached hydrogens (tertiary/aromatic N) is 2. The Morgan fingerprint density at radius 2 is 1.89 bits per heavy atom. The number of carbonyl (C=O) groups excluding carboxylic acids is 1. The first-order chi connectivity index (χ1) is 12.6. The maximum Gasteiger partial charge on any atom is 0.416 e. The van der Waals surface area contributed by atoms with Gasteiger partial charge in [0.15, 0.2) is 5.89 Å². The second-order valence-corrected chi connectivity index (χ2v) is 6.49. The molecule has 6 nitrogen and oxygen atoms in total. The molecule has 3 rings (SSSR count). The van der Waals surface area contributed by atoms with Gasteiger partial charge in [-0.15, -0.1) is 0 Å². The molecule has 1 aliphatic rings. The van der Waals surface area contributed by atoms with Gasteiger partial charge in [-0.25, -0.2) is 4.98 Å². The molecule has 9 heteroatoms. The van der Waals surface area contributed by atoms with Crippen molar-refractivity contribution >= 4 is 11.9 Å². The van der Waals surface area contributed by atoms with Gasteiger partial charge < -0.3 is 14.4 Å². The Labute approximate surface area is 152 Å². The molecule has 27 heavy (non-hydrogen) atoms. The predicted octanol–water partition coefficient (Wildman–Crippen LogP) is 3.61. The molecule has 1 aromatic carbocycles. The number of hydrogen-bond acceptors (Lipinski definition) is 4. The molecule has 1 saturated carbocycles. The van der Waals surface area contributed by atoms with Gasteiger partial charge in [0, 0.05) is 12.5 Å². The molecule has 0 bridgehead atoms. The summed E-state index contributed by atoms with van der Waals surface area (Å²) in [5, 5.41) is 9.09. The summed E-state index contributed by atoms with van der Waals surface area (Å²) >= 11 is 0. The molecule has 144 valence electrons. The fraction of sp³-hybridized carbons (Fsp3) is 0.389. The molecule has 1 heterocycles. The Morgan fingerprint density at radius 1 is 1.26 bits per heavy atom. The van der Waals surface area contributed by atoms with E-state index in [0.29, 0.717) is 17.1 Å². The van der Waals surface area contributed by atoms with Crippen molar-refractivity contribution in [2.45, 2.75) is 38.4 Å². The van der Waals surface area contributed by atoms with Gasteiger partial charge in [-0.2, -0.15) is 13.2 Å². The zero-order chi connectivity index (χ0) is 19.8. The van der Waals surface area contributed by atoms with Crippen LogP contribution in [0.1, 0.15) is 52.0 Å². The second-order valence-electron chi connectivity index (χ2n) is 6.49. The van der Waals surface area contributed by atoms with Crippen LogP contribution in [0.4, 0.5) is 13.2 Å². The number of aliphatic carboxylic acids is 1. The largest absolute Gasteiger partial charge is 0.480 e. The Bertz CT molecular complexity index is 854. The summed E-state index contributed by atoms with van der Waals surface area (Å²) in [4.78, 5) is 29.1. The number of aromatic nitrogens is 1. The van der Waals surface area contributed by atoms with Crippen molar-refractivity contribution in [2.24, 2.45) is 0 Å². The van der Waals surface area contributed by atoms with E-state index in [1.165, 1.54) is 12.1 Å². The fourth-order valence-electron chi connectivity index (χ4n) is 2.65. The lowest BCUT2D eigenvalue weighted by Crippen LogP contribution is -2.35. The number of oxazole rings is 1. The second kappa shape index (κ2) is 7.05. The number of carbonyl (C=O) groups is 2. The number of halogens is 3. The molecule has 0 radical (unpaired) electrons. The molecule has 1 amide bonds. The third kappa shape index (κ3) is 4.47. The summed E-state index contributed by atoms with van der Waals surface area (Å²) in [6, 6.07) is 4.22. The van der Waals surface area contributed by atoms with Crippen LogP contribution in [0.3, 0.4) is 0 Å². The molecule has 1 aliphatic carbocycles. The summed E-state index contributed by atoms with van der Waals surface area (Å²) in [6.07, 6.45) is -2.61. The third-order valence-corrected chi connectivity index (χ3v) is 4.20. The van der Waals surface area contributed by atoms with Gasteiger partial charge in [0.1, 0.15) is 6.54 Å². The van der Waals surface area contributed by atoms with Crippen molar-refractivity contribution in [3.05, 3.63) is 52.7 Å². The maximum absolute atomic E-state index is 12.7. The smallest absolute Gasteiger partial charge is 0.416 e. The van der Waals surface area contributed by atoms with Crippen LogP contribution in [0, 0.1) is 6.92 Å². The fourth-order valence-corrected chi connectivity index (χ4v) is 2.65. The Morgan fingerprint density at radius 3 is 2.41 bits per heavy atom. The predicted molar refractivity (Wildman–Crippen MR) is 87.0 cm³/mol. The molecular weight excluding hydrogens is 365 g/mol. The number of aryl methyl sites for hydroxylation is 1. The van der Waals surface area contributed by atoms with E-state index in [2.05, 4.69) is 4.98 Å². The van der Waals surface area contributed by atoms with Gasteiger partial charge in [-0.05, 0) is 37.5 Å². The van der Waals surface area contributed by atoms with Crippen molar-refractivity contribution < 1.29 is 32.3 Å².